The van der Waals surface area contributed by atoms with Crippen LogP contribution in [0.4, 0.5) is 0 Å². The van der Waals surface area contributed by atoms with E-state index >= 15 is 0 Å². The molecule has 0 saturated heterocycles. The second-order valence-corrected chi connectivity index (χ2v) is 5.36. The van der Waals surface area contributed by atoms with Crippen molar-refractivity contribution in [3.63, 3.8) is 0 Å². The number of aromatic nitrogens is 3. The normalized spacial score (nSPS) is 24.0. The quantitative estimate of drug-likeness (QED) is 0.820. The molecule has 2 atom stereocenters. The first kappa shape index (κ1) is 12.6. The third-order valence-corrected chi connectivity index (χ3v) is 3.80. The fourth-order valence-electron chi connectivity index (χ4n) is 2.51. The minimum atomic E-state index is 0.593. The van der Waals surface area contributed by atoms with Gasteiger partial charge in [-0.3, -0.25) is 4.68 Å². The van der Waals surface area contributed by atoms with Crippen LogP contribution in [0.3, 0.4) is 0 Å². The summed E-state index contributed by atoms with van der Waals surface area (Å²) in [5, 5.41) is 7.78. The van der Waals surface area contributed by atoms with E-state index in [2.05, 4.69) is 36.2 Å². The van der Waals surface area contributed by atoms with Gasteiger partial charge in [-0.2, -0.15) is 5.10 Å². The molecule has 0 aromatic carbocycles. The monoisotopic (exact) mass is 236 g/mol. The molecule has 1 aromatic heterocycles. The molecular weight excluding hydrogens is 212 g/mol. The van der Waals surface area contributed by atoms with Gasteiger partial charge in [0.15, 0.2) is 0 Å². The maximum Gasteiger partial charge on any atom is 0.138 e. The Kier molecular flexibility index (Phi) is 4.15. The maximum atomic E-state index is 4.37. The number of rotatable bonds is 6. The average molecular weight is 236 g/mol. The molecule has 0 bridgehead atoms. The topological polar surface area (TPSA) is 42.7 Å². The number of hydrogen-bond acceptors (Lipinski definition) is 3. The van der Waals surface area contributed by atoms with Gasteiger partial charge in [0.1, 0.15) is 12.2 Å². The first-order valence-electron chi connectivity index (χ1n) is 6.80. The average Bonchev–Trinajstić information content (AvgIpc) is 2.71. The molecular formula is C13H24N4. The van der Waals surface area contributed by atoms with E-state index in [1.807, 2.05) is 4.68 Å². The number of aryl methyl sites for hydroxylation is 1. The lowest BCUT2D eigenvalue weighted by Gasteiger charge is -2.37. The largest absolute Gasteiger partial charge is 0.314 e. The summed E-state index contributed by atoms with van der Waals surface area (Å²) < 4.78 is 2.02. The molecule has 1 aliphatic rings. The lowest BCUT2D eigenvalue weighted by atomic mass is 9.71. The van der Waals surface area contributed by atoms with E-state index in [0.29, 0.717) is 6.04 Å². The molecule has 2 unspecified atom stereocenters. The van der Waals surface area contributed by atoms with E-state index in [4.69, 9.17) is 0 Å². The lowest BCUT2D eigenvalue weighted by Crippen LogP contribution is -2.39. The molecule has 4 heteroatoms. The van der Waals surface area contributed by atoms with Crippen molar-refractivity contribution in [3.8, 4) is 0 Å². The maximum absolute atomic E-state index is 4.37. The third kappa shape index (κ3) is 3.06. The summed E-state index contributed by atoms with van der Waals surface area (Å²) >= 11 is 0. The van der Waals surface area contributed by atoms with Crippen molar-refractivity contribution >= 4 is 0 Å². The third-order valence-electron chi connectivity index (χ3n) is 3.80. The van der Waals surface area contributed by atoms with Crippen LogP contribution in [0.25, 0.3) is 0 Å². The van der Waals surface area contributed by atoms with Gasteiger partial charge in [0.05, 0.1) is 0 Å². The first-order chi connectivity index (χ1) is 8.20. The summed E-state index contributed by atoms with van der Waals surface area (Å²) in [6, 6.07) is 0.593. The molecule has 1 aliphatic carbocycles. The van der Waals surface area contributed by atoms with Gasteiger partial charge in [0, 0.05) is 19.0 Å². The van der Waals surface area contributed by atoms with Crippen LogP contribution in [-0.4, -0.2) is 27.4 Å². The van der Waals surface area contributed by atoms with E-state index in [9.17, 15) is 0 Å². The second kappa shape index (κ2) is 5.63. The molecule has 0 radical (unpaired) electrons. The zero-order chi connectivity index (χ0) is 12.3. The van der Waals surface area contributed by atoms with E-state index in [1.54, 1.807) is 6.33 Å². The highest BCUT2D eigenvalue weighted by atomic mass is 15.3. The number of nitrogens with zero attached hydrogens (tertiary/aromatic N) is 3. The highest BCUT2D eigenvalue weighted by Crippen LogP contribution is 2.35. The van der Waals surface area contributed by atoms with Gasteiger partial charge in [-0.15, -0.1) is 0 Å². The van der Waals surface area contributed by atoms with Crippen LogP contribution in [-0.2, 0) is 13.0 Å². The Labute approximate surface area is 104 Å². The van der Waals surface area contributed by atoms with Gasteiger partial charge < -0.3 is 5.32 Å². The first-order valence-corrected chi connectivity index (χ1v) is 6.80. The molecule has 4 nitrogen and oxygen atoms in total. The Bertz CT molecular complexity index is 345. The smallest absolute Gasteiger partial charge is 0.138 e. The molecule has 2 rings (SSSR count). The van der Waals surface area contributed by atoms with Gasteiger partial charge in [-0.25, -0.2) is 4.98 Å². The van der Waals surface area contributed by atoms with Crippen molar-refractivity contribution in [3.05, 3.63) is 12.2 Å². The van der Waals surface area contributed by atoms with Crippen LogP contribution in [0.1, 0.15) is 39.4 Å². The molecule has 1 heterocycles. The fraction of sp³-hybridized carbons (Fsp3) is 0.846. The van der Waals surface area contributed by atoms with Crippen LogP contribution in [0.2, 0.25) is 0 Å². The molecule has 1 N–H and O–H groups in total. The molecule has 0 aliphatic heterocycles. The highest BCUT2D eigenvalue weighted by Gasteiger charge is 2.31. The molecule has 0 amide bonds. The number of nitrogens with one attached hydrogen (secondary N) is 1. The molecule has 1 fully saturated rings. The predicted octanol–water partition coefficient (Wildman–Crippen LogP) is 1.86. The SMILES string of the molecule is CCn1ncnc1CC1CCC1CNC(C)C. The summed E-state index contributed by atoms with van der Waals surface area (Å²) in [5.74, 6) is 2.79. The van der Waals surface area contributed by atoms with Gasteiger partial charge in [-0.1, -0.05) is 13.8 Å². The van der Waals surface area contributed by atoms with Crippen LogP contribution in [0, 0.1) is 11.8 Å². The zero-order valence-electron chi connectivity index (χ0n) is 11.2. The zero-order valence-corrected chi connectivity index (χ0v) is 11.2. The molecule has 0 spiro atoms. The van der Waals surface area contributed by atoms with Crippen molar-refractivity contribution in [2.75, 3.05) is 6.54 Å². The molecule has 96 valence electrons. The van der Waals surface area contributed by atoms with Crippen LogP contribution >= 0.6 is 0 Å². The van der Waals surface area contributed by atoms with Gasteiger partial charge in [-0.05, 0) is 38.1 Å². The van der Waals surface area contributed by atoms with E-state index in [0.717, 1.165) is 37.2 Å². The van der Waals surface area contributed by atoms with Crippen molar-refractivity contribution in [2.45, 2.75) is 52.6 Å². The number of hydrogen-bond donors (Lipinski definition) is 1. The summed E-state index contributed by atoms with van der Waals surface area (Å²) in [6.45, 7) is 8.62. The molecule has 1 saturated carbocycles. The van der Waals surface area contributed by atoms with Crippen molar-refractivity contribution in [1.82, 2.24) is 20.1 Å². The van der Waals surface area contributed by atoms with Crippen molar-refractivity contribution in [2.24, 2.45) is 11.8 Å². The Balaban J connectivity index is 1.83. The standard InChI is InChI=1S/C13H24N4/c1-4-17-13(15-9-16-17)7-11-5-6-12(11)8-14-10(2)3/h9-12,14H,4-8H2,1-3H3. The Morgan fingerprint density at radius 2 is 2.18 bits per heavy atom. The lowest BCUT2D eigenvalue weighted by molar-refractivity contribution is 0.163. The molecule has 1 aromatic rings. The predicted molar refractivity (Wildman–Crippen MR) is 68.8 cm³/mol. The van der Waals surface area contributed by atoms with Gasteiger partial charge in [0.25, 0.3) is 0 Å². The van der Waals surface area contributed by atoms with E-state index < -0.39 is 0 Å². The van der Waals surface area contributed by atoms with Crippen LogP contribution in [0.5, 0.6) is 0 Å². The van der Waals surface area contributed by atoms with E-state index in [-0.39, 0.29) is 0 Å². The Morgan fingerprint density at radius 1 is 1.41 bits per heavy atom. The summed E-state index contributed by atoms with van der Waals surface area (Å²) in [6.07, 6.45) is 5.49. The second-order valence-electron chi connectivity index (χ2n) is 5.36. The summed E-state index contributed by atoms with van der Waals surface area (Å²) in [5.41, 5.74) is 0. The minimum Gasteiger partial charge on any atom is -0.314 e. The van der Waals surface area contributed by atoms with Crippen LogP contribution in [0.15, 0.2) is 6.33 Å². The summed E-state index contributed by atoms with van der Waals surface area (Å²) in [4.78, 5) is 4.37. The molecule has 17 heavy (non-hydrogen) atoms. The minimum absolute atomic E-state index is 0.593. The van der Waals surface area contributed by atoms with Crippen LogP contribution < -0.4 is 5.32 Å². The van der Waals surface area contributed by atoms with Crippen molar-refractivity contribution in [1.29, 1.82) is 0 Å². The fourth-order valence-corrected chi connectivity index (χ4v) is 2.51. The van der Waals surface area contributed by atoms with Crippen molar-refractivity contribution < 1.29 is 0 Å². The van der Waals surface area contributed by atoms with E-state index in [1.165, 1.54) is 12.8 Å². The Morgan fingerprint density at radius 3 is 2.76 bits per heavy atom. The Hall–Kier alpha value is -0.900. The van der Waals surface area contributed by atoms with Gasteiger partial charge in [0.2, 0.25) is 0 Å². The summed E-state index contributed by atoms with van der Waals surface area (Å²) in [7, 11) is 0. The van der Waals surface area contributed by atoms with Gasteiger partial charge >= 0.3 is 0 Å². The highest BCUT2D eigenvalue weighted by molar-refractivity contribution is 4.93.